The summed E-state index contributed by atoms with van der Waals surface area (Å²) in [5.41, 5.74) is 0.916. The van der Waals surface area contributed by atoms with Gasteiger partial charge in [-0.15, -0.1) is 11.6 Å². The minimum Gasteiger partial charge on any atom is -0.493 e. The van der Waals surface area contributed by atoms with Crippen LogP contribution >= 0.6 is 11.6 Å². The Morgan fingerprint density at radius 2 is 2.00 bits per heavy atom. The van der Waals surface area contributed by atoms with Crippen LogP contribution in [-0.2, 0) is 15.7 Å². The van der Waals surface area contributed by atoms with E-state index in [1.165, 1.54) is 13.4 Å². The highest BCUT2D eigenvalue weighted by molar-refractivity contribution is 7.90. The second-order valence-electron chi connectivity index (χ2n) is 3.60. The summed E-state index contributed by atoms with van der Waals surface area (Å²) in [6, 6.07) is 5.30. The van der Waals surface area contributed by atoms with Gasteiger partial charge in [0.05, 0.1) is 12.9 Å². The first-order valence-corrected chi connectivity index (χ1v) is 7.59. The summed E-state index contributed by atoms with van der Waals surface area (Å²) in [7, 11) is -1.49. The molecule has 0 heterocycles. The molecule has 0 saturated carbocycles. The van der Waals surface area contributed by atoms with Gasteiger partial charge in [-0.3, -0.25) is 0 Å². The van der Waals surface area contributed by atoms with Crippen molar-refractivity contribution in [2.45, 2.75) is 5.88 Å². The van der Waals surface area contributed by atoms with Crippen LogP contribution in [0.1, 0.15) is 5.56 Å². The lowest BCUT2D eigenvalue weighted by Crippen LogP contribution is -2.12. The average molecular weight is 279 g/mol. The molecule has 1 aromatic carbocycles. The summed E-state index contributed by atoms with van der Waals surface area (Å²) in [4.78, 5) is 0. The van der Waals surface area contributed by atoms with Gasteiger partial charge in [-0.1, -0.05) is 6.07 Å². The number of ether oxygens (including phenoxy) is 2. The normalized spacial score (nSPS) is 11.2. The molecule has 4 nitrogen and oxygen atoms in total. The predicted molar refractivity (Wildman–Crippen MR) is 67.8 cm³/mol. The third-order valence-corrected chi connectivity index (χ3v) is 3.31. The number of benzene rings is 1. The Morgan fingerprint density at radius 1 is 1.29 bits per heavy atom. The highest BCUT2D eigenvalue weighted by atomic mass is 35.5. The van der Waals surface area contributed by atoms with Crippen LogP contribution in [0.15, 0.2) is 18.2 Å². The molecule has 0 atom stereocenters. The molecule has 96 valence electrons. The highest BCUT2D eigenvalue weighted by Crippen LogP contribution is 2.28. The number of hydrogen-bond acceptors (Lipinski definition) is 4. The number of halogens is 1. The molecule has 1 rings (SSSR count). The van der Waals surface area contributed by atoms with Crippen molar-refractivity contribution >= 4 is 21.4 Å². The molecule has 0 saturated heterocycles. The van der Waals surface area contributed by atoms with Crippen molar-refractivity contribution in [2.75, 3.05) is 25.7 Å². The van der Waals surface area contributed by atoms with Gasteiger partial charge in [0.15, 0.2) is 21.3 Å². The summed E-state index contributed by atoms with van der Waals surface area (Å²) < 4.78 is 32.4. The van der Waals surface area contributed by atoms with Gasteiger partial charge < -0.3 is 9.47 Å². The predicted octanol–water partition coefficient (Wildman–Crippen LogP) is 1.86. The molecular formula is C11H15ClO4S. The van der Waals surface area contributed by atoms with Crippen molar-refractivity contribution in [1.29, 1.82) is 0 Å². The molecule has 0 aliphatic carbocycles. The Hall–Kier alpha value is -0.940. The number of rotatable bonds is 6. The monoisotopic (exact) mass is 278 g/mol. The number of alkyl halides is 1. The van der Waals surface area contributed by atoms with E-state index in [0.29, 0.717) is 17.4 Å². The van der Waals surface area contributed by atoms with E-state index in [4.69, 9.17) is 21.1 Å². The maximum atomic E-state index is 10.9. The van der Waals surface area contributed by atoms with E-state index < -0.39 is 9.84 Å². The van der Waals surface area contributed by atoms with Crippen LogP contribution in [0, 0.1) is 0 Å². The van der Waals surface area contributed by atoms with Crippen molar-refractivity contribution < 1.29 is 17.9 Å². The largest absolute Gasteiger partial charge is 0.493 e. The first kappa shape index (κ1) is 14.1. The topological polar surface area (TPSA) is 52.6 Å². The molecule has 0 N–H and O–H groups in total. The number of hydrogen-bond donors (Lipinski definition) is 0. The maximum Gasteiger partial charge on any atom is 0.161 e. The van der Waals surface area contributed by atoms with Crippen molar-refractivity contribution in [3.8, 4) is 11.5 Å². The van der Waals surface area contributed by atoms with Crippen molar-refractivity contribution in [3.05, 3.63) is 23.8 Å². The lowest BCUT2D eigenvalue weighted by atomic mass is 10.2. The summed E-state index contributed by atoms with van der Waals surface area (Å²) in [5.74, 6) is 1.44. The molecule has 6 heteroatoms. The van der Waals surface area contributed by atoms with E-state index in [9.17, 15) is 8.42 Å². The van der Waals surface area contributed by atoms with Crippen LogP contribution in [-0.4, -0.2) is 34.1 Å². The van der Waals surface area contributed by atoms with Gasteiger partial charge in [0.2, 0.25) is 0 Å². The summed E-state index contributed by atoms with van der Waals surface area (Å²) in [6.07, 6.45) is 1.17. The average Bonchev–Trinajstić information content (AvgIpc) is 2.27. The fourth-order valence-corrected chi connectivity index (χ4v) is 1.77. The Morgan fingerprint density at radius 3 is 2.53 bits per heavy atom. The molecule has 0 fully saturated rings. The van der Waals surface area contributed by atoms with Gasteiger partial charge in [-0.05, 0) is 17.7 Å². The molecule has 17 heavy (non-hydrogen) atoms. The molecule has 1 aromatic rings. The molecular weight excluding hydrogens is 264 g/mol. The van der Waals surface area contributed by atoms with Crippen LogP contribution < -0.4 is 9.47 Å². The first-order chi connectivity index (χ1) is 7.96. The van der Waals surface area contributed by atoms with Crippen LogP contribution in [0.25, 0.3) is 0 Å². The van der Waals surface area contributed by atoms with E-state index in [0.717, 1.165) is 5.56 Å². The fraction of sp³-hybridized carbons (Fsp3) is 0.455. The summed E-state index contributed by atoms with van der Waals surface area (Å²) in [5, 5.41) is 0. The Balaban J connectivity index is 2.70. The zero-order chi connectivity index (χ0) is 12.9. The Bertz CT molecular complexity index is 470. The Labute approximate surface area is 106 Å². The van der Waals surface area contributed by atoms with Gasteiger partial charge >= 0.3 is 0 Å². The van der Waals surface area contributed by atoms with Gasteiger partial charge in [-0.25, -0.2) is 8.42 Å². The van der Waals surface area contributed by atoms with Gasteiger partial charge in [0.1, 0.15) is 6.61 Å². The van der Waals surface area contributed by atoms with Gasteiger partial charge in [-0.2, -0.15) is 0 Å². The standard InChI is InChI=1S/C11H15ClO4S/c1-15-11-7-9(8-12)3-4-10(11)16-5-6-17(2,13)14/h3-4,7H,5-6,8H2,1-2H3. The van der Waals surface area contributed by atoms with Crippen LogP contribution in [0.3, 0.4) is 0 Å². The van der Waals surface area contributed by atoms with E-state index in [1.807, 2.05) is 6.07 Å². The van der Waals surface area contributed by atoms with Crippen molar-refractivity contribution in [2.24, 2.45) is 0 Å². The summed E-state index contributed by atoms with van der Waals surface area (Å²) >= 11 is 5.70. The van der Waals surface area contributed by atoms with E-state index >= 15 is 0 Å². The van der Waals surface area contributed by atoms with Crippen LogP contribution in [0.2, 0.25) is 0 Å². The molecule has 0 spiro atoms. The molecule has 0 unspecified atom stereocenters. The number of sulfone groups is 1. The third-order valence-electron chi connectivity index (χ3n) is 2.09. The molecule has 0 amide bonds. The van der Waals surface area contributed by atoms with Crippen LogP contribution in [0.5, 0.6) is 11.5 Å². The number of methoxy groups -OCH3 is 1. The second kappa shape index (κ2) is 6.12. The quantitative estimate of drug-likeness (QED) is 0.746. The minimum atomic E-state index is -3.01. The molecule has 0 aliphatic rings. The molecule has 0 aromatic heterocycles. The molecule has 0 bridgehead atoms. The summed E-state index contributed by atoms with van der Waals surface area (Å²) in [6.45, 7) is 0.107. The maximum absolute atomic E-state index is 10.9. The smallest absolute Gasteiger partial charge is 0.161 e. The van der Waals surface area contributed by atoms with E-state index in [1.54, 1.807) is 12.1 Å². The third kappa shape index (κ3) is 4.83. The van der Waals surface area contributed by atoms with E-state index in [-0.39, 0.29) is 12.4 Å². The Kier molecular flexibility index (Phi) is 5.08. The minimum absolute atomic E-state index is 0.0204. The lowest BCUT2D eigenvalue weighted by molar-refractivity contribution is 0.311. The fourth-order valence-electron chi connectivity index (χ4n) is 1.22. The first-order valence-electron chi connectivity index (χ1n) is 4.99. The lowest BCUT2D eigenvalue weighted by Gasteiger charge is -2.11. The highest BCUT2D eigenvalue weighted by Gasteiger charge is 2.07. The zero-order valence-electron chi connectivity index (χ0n) is 9.77. The SMILES string of the molecule is COc1cc(CCl)ccc1OCCS(C)(=O)=O. The van der Waals surface area contributed by atoms with E-state index in [2.05, 4.69) is 0 Å². The zero-order valence-corrected chi connectivity index (χ0v) is 11.3. The molecule has 0 radical (unpaired) electrons. The molecule has 0 aliphatic heterocycles. The van der Waals surface area contributed by atoms with Crippen molar-refractivity contribution in [3.63, 3.8) is 0 Å². The van der Waals surface area contributed by atoms with Gasteiger partial charge in [0, 0.05) is 12.1 Å². The van der Waals surface area contributed by atoms with Gasteiger partial charge in [0.25, 0.3) is 0 Å². The van der Waals surface area contributed by atoms with Crippen LogP contribution in [0.4, 0.5) is 0 Å². The van der Waals surface area contributed by atoms with Crippen molar-refractivity contribution in [1.82, 2.24) is 0 Å². The second-order valence-corrected chi connectivity index (χ2v) is 6.12.